The van der Waals surface area contributed by atoms with E-state index in [1.165, 1.54) is 4.90 Å². The van der Waals surface area contributed by atoms with Crippen molar-refractivity contribution in [1.29, 1.82) is 5.26 Å². The highest BCUT2D eigenvalue weighted by atomic mass is 35.5. The molecule has 0 aliphatic carbocycles. The number of nitriles is 1. The molecule has 0 aliphatic heterocycles. The zero-order chi connectivity index (χ0) is 20.2. The molecule has 0 saturated heterocycles. The fourth-order valence-corrected chi connectivity index (χ4v) is 3.88. The number of carbonyl (C=O) groups is 1. The SMILES string of the molecule is CC(C)N(C(=O)O[C@@H](C#N)[C@@H](O)[C@@H](Cl)O[Si](C)(C)C(C)(C)C)C(C)C. The van der Waals surface area contributed by atoms with Crippen molar-refractivity contribution in [2.75, 3.05) is 0 Å². The van der Waals surface area contributed by atoms with Gasteiger partial charge >= 0.3 is 6.09 Å². The van der Waals surface area contributed by atoms with E-state index in [2.05, 4.69) is 0 Å². The first kappa shape index (κ1) is 24.2. The number of alkyl halides is 1. The molecule has 0 saturated carbocycles. The van der Waals surface area contributed by atoms with Crippen molar-refractivity contribution in [2.24, 2.45) is 0 Å². The molecule has 25 heavy (non-hydrogen) atoms. The second-order valence-electron chi connectivity index (χ2n) is 8.25. The summed E-state index contributed by atoms with van der Waals surface area (Å²) in [6.07, 6.45) is -3.50. The highest BCUT2D eigenvalue weighted by Gasteiger charge is 2.42. The normalized spacial score (nSPS) is 16.3. The summed E-state index contributed by atoms with van der Waals surface area (Å²) in [5.74, 6) is 0. The van der Waals surface area contributed by atoms with Gasteiger partial charge in [-0.25, -0.2) is 4.79 Å². The lowest BCUT2D eigenvalue weighted by atomic mass is 10.2. The number of aliphatic hydroxyl groups is 1. The van der Waals surface area contributed by atoms with Crippen LogP contribution in [0.5, 0.6) is 0 Å². The second-order valence-corrected chi connectivity index (χ2v) is 13.4. The lowest BCUT2D eigenvalue weighted by Gasteiger charge is -2.39. The standard InChI is InChI=1S/C17H33ClN2O4Si/c1-11(2)20(12(3)4)16(22)23-13(10-19)14(21)15(18)24-25(8,9)17(5,6)7/h11-15,21H,1-9H3/t13-,14+,15-/m0/s1. The maximum Gasteiger partial charge on any atom is 0.411 e. The minimum absolute atomic E-state index is 0.0979. The fourth-order valence-electron chi connectivity index (χ4n) is 2.03. The van der Waals surface area contributed by atoms with Gasteiger partial charge in [-0.3, -0.25) is 0 Å². The molecule has 1 N–H and O–H groups in total. The molecule has 146 valence electrons. The number of hydrogen-bond donors (Lipinski definition) is 1. The molecule has 0 heterocycles. The zero-order valence-electron chi connectivity index (χ0n) is 16.8. The van der Waals surface area contributed by atoms with Crippen molar-refractivity contribution in [3.63, 3.8) is 0 Å². The van der Waals surface area contributed by atoms with Crippen LogP contribution in [0.3, 0.4) is 0 Å². The van der Waals surface area contributed by atoms with Crippen molar-refractivity contribution in [2.45, 2.75) is 96.5 Å². The van der Waals surface area contributed by atoms with Gasteiger partial charge in [-0.1, -0.05) is 32.4 Å². The molecule has 0 bridgehead atoms. The summed E-state index contributed by atoms with van der Waals surface area (Å²) in [5, 5.41) is 19.6. The van der Waals surface area contributed by atoms with Crippen molar-refractivity contribution < 1.29 is 19.1 Å². The van der Waals surface area contributed by atoms with Crippen molar-refractivity contribution in [1.82, 2.24) is 4.90 Å². The Labute approximate surface area is 158 Å². The maximum absolute atomic E-state index is 12.3. The van der Waals surface area contributed by atoms with E-state index < -0.39 is 32.2 Å². The lowest BCUT2D eigenvalue weighted by Crippen LogP contribution is -2.50. The monoisotopic (exact) mass is 392 g/mol. The zero-order valence-corrected chi connectivity index (χ0v) is 18.6. The molecule has 8 heteroatoms. The van der Waals surface area contributed by atoms with Gasteiger partial charge in [0.25, 0.3) is 0 Å². The minimum Gasteiger partial charge on any atom is -0.428 e. The Balaban J connectivity index is 5.12. The maximum atomic E-state index is 12.3. The second kappa shape index (κ2) is 9.22. The van der Waals surface area contributed by atoms with Crippen molar-refractivity contribution in [3.05, 3.63) is 0 Å². The largest absolute Gasteiger partial charge is 0.428 e. The number of nitrogens with zero attached hydrogens (tertiary/aromatic N) is 2. The number of halogens is 1. The Morgan fingerprint density at radius 2 is 1.64 bits per heavy atom. The molecule has 0 aromatic rings. The van der Waals surface area contributed by atoms with Crippen LogP contribution in [0.4, 0.5) is 4.79 Å². The van der Waals surface area contributed by atoms with E-state index in [-0.39, 0.29) is 17.1 Å². The molecule has 3 atom stereocenters. The van der Waals surface area contributed by atoms with Crippen LogP contribution in [0.2, 0.25) is 18.1 Å². The highest BCUT2D eigenvalue weighted by Crippen LogP contribution is 2.38. The van der Waals surface area contributed by atoms with Crippen LogP contribution >= 0.6 is 11.6 Å². The van der Waals surface area contributed by atoms with Crippen LogP contribution in [0.15, 0.2) is 0 Å². The Morgan fingerprint density at radius 1 is 1.20 bits per heavy atom. The van der Waals surface area contributed by atoms with Crippen LogP contribution < -0.4 is 0 Å². The molecule has 0 aromatic carbocycles. The van der Waals surface area contributed by atoms with E-state index in [9.17, 15) is 15.2 Å². The molecule has 0 aromatic heterocycles. The Morgan fingerprint density at radius 3 is 1.96 bits per heavy atom. The third-order valence-corrected chi connectivity index (χ3v) is 9.42. The number of rotatable bonds is 7. The van der Waals surface area contributed by atoms with Gasteiger partial charge in [-0.15, -0.1) is 0 Å². The topological polar surface area (TPSA) is 82.8 Å². The van der Waals surface area contributed by atoms with Gasteiger partial charge in [0.1, 0.15) is 12.2 Å². The number of ether oxygens (including phenoxy) is 1. The molecule has 0 unspecified atom stereocenters. The van der Waals surface area contributed by atoms with E-state index in [0.717, 1.165) is 0 Å². The first-order valence-corrected chi connectivity index (χ1v) is 11.9. The van der Waals surface area contributed by atoms with Crippen molar-refractivity contribution in [3.8, 4) is 6.07 Å². The molecule has 1 amide bonds. The van der Waals surface area contributed by atoms with Crippen LogP contribution in [0, 0.1) is 11.3 Å². The highest BCUT2D eigenvalue weighted by molar-refractivity contribution is 6.74. The van der Waals surface area contributed by atoms with Crippen molar-refractivity contribution >= 4 is 26.0 Å². The van der Waals surface area contributed by atoms with Gasteiger partial charge in [0.2, 0.25) is 6.10 Å². The first-order valence-electron chi connectivity index (χ1n) is 8.54. The Hall–Kier alpha value is -0.813. The molecule has 6 nitrogen and oxygen atoms in total. The molecule has 0 fully saturated rings. The summed E-state index contributed by atoms with van der Waals surface area (Å²) in [6.45, 7) is 17.5. The third-order valence-electron chi connectivity index (χ3n) is 4.47. The van der Waals surface area contributed by atoms with Gasteiger partial charge in [0.15, 0.2) is 13.9 Å². The summed E-state index contributed by atoms with van der Waals surface area (Å²) in [5.41, 5.74) is -1.13. The predicted octanol–water partition coefficient (Wildman–Crippen LogP) is 4.08. The van der Waals surface area contributed by atoms with E-state index in [1.54, 1.807) is 6.07 Å². The smallest absolute Gasteiger partial charge is 0.411 e. The quantitative estimate of drug-likeness (QED) is 0.521. The first-order chi connectivity index (χ1) is 11.2. The molecule has 0 radical (unpaired) electrons. The number of hydrogen-bond acceptors (Lipinski definition) is 5. The fraction of sp³-hybridized carbons (Fsp3) is 0.882. The van der Waals surface area contributed by atoms with Crippen LogP contribution in [-0.2, 0) is 9.16 Å². The number of carbonyl (C=O) groups excluding carboxylic acids is 1. The molecule has 0 spiro atoms. The van der Waals surface area contributed by atoms with Crippen LogP contribution in [0.25, 0.3) is 0 Å². The molecular formula is C17H33ClN2O4Si. The van der Waals surface area contributed by atoms with E-state index >= 15 is 0 Å². The minimum atomic E-state index is -2.24. The third kappa shape index (κ3) is 6.78. The average Bonchev–Trinajstić information content (AvgIpc) is 2.41. The van der Waals surface area contributed by atoms with Gasteiger partial charge in [0, 0.05) is 12.1 Å². The summed E-state index contributed by atoms with van der Waals surface area (Å²) >= 11 is 6.19. The van der Waals surface area contributed by atoms with Crippen LogP contribution in [-0.4, -0.2) is 54.3 Å². The lowest BCUT2D eigenvalue weighted by molar-refractivity contribution is -0.0244. The summed E-state index contributed by atoms with van der Waals surface area (Å²) in [6, 6.07) is 1.61. The van der Waals surface area contributed by atoms with Crippen LogP contribution in [0.1, 0.15) is 48.5 Å². The van der Waals surface area contributed by atoms with E-state index in [4.69, 9.17) is 20.8 Å². The Bertz CT molecular complexity index is 478. The summed E-state index contributed by atoms with van der Waals surface area (Å²) < 4.78 is 11.1. The summed E-state index contributed by atoms with van der Waals surface area (Å²) in [7, 11) is -2.24. The van der Waals surface area contributed by atoms with Gasteiger partial charge in [-0.05, 0) is 45.8 Å². The molecule has 0 aliphatic rings. The van der Waals surface area contributed by atoms with E-state index in [0.29, 0.717) is 0 Å². The summed E-state index contributed by atoms with van der Waals surface area (Å²) in [4.78, 5) is 13.8. The van der Waals surface area contributed by atoms with Gasteiger partial charge in [-0.2, -0.15) is 5.26 Å². The number of aliphatic hydroxyl groups excluding tert-OH is 1. The van der Waals surface area contributed by atoms with Gasteiger partial charge in [0.05, 0.1) is 0 Å². The Kier molecular flexibility index (Phi) is 8.92. The number of amides is 1. The van der Waals surface area contributed by atoms with E-state index in [1.807, 2.05) is 61.6 Å². The molecular weight excluding hydrogens is 360 g/mol. The molecule has 0 rings (SSSR count). The average molecular weight is 393 g/mol. The van der Waals surface area contributed by atoms with Gasteiger partial charge < -0.3 is 19.2 Å². The predicted molar refractivity (Wildman–Crippen MR) is 102 cm³/mol.